The second kappa shape index (κ2) is 4.68. The molecule has 1 amide bonds. The minimum atomic E-state index is -0.279. The molecule has 1 unspecified atom stereocenters. The molecule has 1 saturated heterocycles. The summed E-state index contributed by atoms with van der Waals surface area (Å²) in [6.45, 7) is 4.13. The maximum absolute atomic E-state index is 12.6. The minimum Gasteiger partial charge on any atom is -0.364 e. The van der Waals surface area contributed by atoms with Crippen molar-refractivity contribution in [3.8, 4) is 0 Å². The summed E-state index contributed by atoms with van der Waals surface area (Å²) in [6, 6.07) is 12.3. The highest BCUT2D eigenvalue weighted by Gasteiger charge is 2.46. The summed E-state index contributed by atoms with van der Waals surface area (Å²) >= 11 is 1.57. The number of aryl methyl sites for hydroxylation is 1. The van der Waals surface area contributed by atoms with E-state index in [2.05, 4.69) is 18.2 Å². The third kappa shape index (κ3) is 2.01. The van der Waals surface area contributed by atoms with Crippen LogP contribution in [0.3, 0.4) is 0 Å². The Bertz CT molecular complexity index is 708. The number of carbonyl (C=O) groups is 1. The van der Waals surface area contributed by atoms with Crippen LogP contribution < -0.4 is 0 Å². The van der Waals surface area contributed by atoms with Crippen molar-refractivity contribution in [1.82, 2.24) is 4.90 Å². The molecule has 21 heavy (non-hydrogen) atoms. The number of ether oxygens (including phenoxy) is 1. The number of nitrogens with zero attached hydrogens (tertiary/aromatic N) is 1. The number of hydrogen-bond acceptors (Lipinski definition) is 3. The first-order valence-electron chi connectivity index (χ1n) is 7.26. The van der Waals surface area contributed by atoms with Crippen LogP contribution in [0.5, 0.6) is 0 Å². The predicted octanol–water partition coefficient (Wildman–Crippen LogP) is 3.33. The van der Waals surface area contributed by atoms with Crippen molar-refractivity contribution >= 4 is 17.2 Å². The van der Waals surface area contributed by atoms with Gasteiger partial charge in [0.05, 0.1) is 18.0 Å². The van der Waals surface area contributed by atoms with Crippen molar-refractivity contribution in [2.75, 3.05) is 13.1 Å². The molecule has 0 bridgehead atoms. The van der Waals surface area contributed by atoms with Gasteiger partial charge in [-0.15, -0.1) is 11.3 Å². The van der Waals surface area contributed by atoms with Gasteiger partial charge in [0, 0.05) is 11.4 Å². The van der Waals surface area contributed by atoms with Crippen molar-refractivity contribution in [3.63, 3.8) is 0 Å². The molecule has 1 aromatic carbocycles. The van der Waals surface area contributed by atoms with E-state index in [9.17, 15) is 4.79 Å². The molecule has 4 heteroatoms. The summed E-state index contributed by atoms with van der Waals surface area (Å²) in [5.41, 5.74) is 2.25. The molecule has 2 aliphatic heterocycles. The summed E-state index contributed by atoms with van der Waals surface area (Å²) in [6.07, 6.45) is 0.889. The molecule has 0 radical (unpaired) electrons. The first kappa shape index (κ1) is 13.0. The number of hydrogen-bond donors (Lipinski definition) is 0. The lowest BCUT2D eigenvalue weighted by molar-refractivity contribution is -0.0282. The van der Waals surface area contributed by atoms with Crippen LogP contribution in [0.1, 0.15) is 32.1 Å². The molecule has 0 aliphatic carbocycles. The summed E-state index contributed by atoms with van der Waals surface area (Å²) in [7, 11) is 0. The van der Waals surface area contributed by atoms with Crippen LogP contribution in [0.2, 0.25) is 0 Å². The van der Waals surface area contributed by atoms with E-state index >= 15 is 0 Å². The quantitative estimate of drug-likeness (QED) is 0.808. The lowest BCUT2D eigenvalue weighted by Gasteiger charge is -2.24. The zero-order valence-electron chi connectivity index (χ0n) is 12.0. The molecule has 1 atom stereocenters. The molecule has 1 spiro atoms. The zero-order chi connectivity index (χ0) is 14.4. The summed E-state index contributed by atoms with van der Waals surface area (Å²) in [5.74, 6) is 0.137. The lowest BCUT2D eigenvalue weighted by Crippen LogP contribution is -2.33. The largest absolute Gasteiger partial charge is 0.364 e. The first-order valence-corrected chi connectivity index (χ1v) is 8.08. The van der Waals surface area contributed by atoms with E-state index in [1.54, 1.807) is 11.3 Å². The second-order valence-corrected chi connectivity index (χ2v) is 7.12. The Balaban J connectivity index is 1.60. The van der Waals surface area contributed by atoms with Crippen molar-refractivity contribution in [1.29, 1.82) is 0 Å². The zero-order valence-corrected chi connectivity index (χ0v) is 12.8. The van der Waals surface area contributed by atoms with E-state index in [4.69, 9.17) is 4.74 Å². The lowest BCUT2D eigenvalue weighted by atomic mass is 9.92. The molecule has 108 valence electrons. The SMILES string of the molecule is Cc1ccc(C(=O)N2CCC3(C2)OCc2ccccc23)s1. The Labute approximate surface area is 128 Å². The number of amides is 1. The molecule has 3 heterocycles. The van der Waals surface area contributed by atoms with E-state index in [0.717, 1.165) is 17.8 Å². The van der Waals surface area contributed by atoms with Gasteiger partial charge in [0.2, 0.25) is 0 Å². The number of carbonyl (C=O) groups excluding carboxylic acids is 1. The number of fused-ring (bicyclic) bond motifs is 2. The van der Waals surface area contributed by atoms with Gasteiger partial charge in [0.1, 0.15) is 5.60 Å². The number of rotatable bonds is 1. The van der Waals surface area contributed by atoms with Gasteiger partial charge in [0.25, 0.3) is 5.91 Å². The van der Waals surface area contributed by atoms with Crippen LogP contribution in [-0.4, -0.2) is 23.9 Å². The number of likely N-dealkylation sites (tertiary alicyclic amines) is 1. The predicted molar refractivity (Wildman–Crippen MR) is 82.5 cm³/mol. The smallest absolute Gasteiger partial charge is 0.264 e. The minimum absolute atomic E-state index is 0.137. The van der Waals surface area contributed by atoms with E-state index in [-0.39, 0.29) is 11.5 Å². The topological polar surface area (TPSA) is 29.5 Å². The molecule has 1 aromatic heterocycles. The molecule has 1 fully saturated rings. The van der Waals surface area contributed by atoms with Gasteiger partial charge < -0.3 is 9.64 Å². The molecule has 4 rings (SSSR count). The monoisotopic (exact) mass is 299 g/mol. The molecular weight excluding hydrogens is 282 g/mol. The third-order valence-corrected chi connectivity index (χ3v) is 5.47. The van der Waals surface area contributed by atoms with Crippen LogP contribution >= 0.6 is 11.3 Å². The van der Waals surface area contributed by atoms with Crippen molar-refractivity contribution in [2.45, 2.75) is 25.6 Å². The molecule has 0 N–H and O–H groups in total. The average Bonchev–Trinajstić information content (AvgIpc) is 3.20. The van der Waals surface area contributed by atoms with Crippen LogP contribution in [0.15, 0.2) is 36.4 Å². The van der Waals surface area contributed by atoms with Gasteiger partial charge in [-0.2, -0.15) is 0 Å². The van der Waals surface area contributed by atoms with Crippen LogP contribution in [0.25, 0.3) is 0 Å². The van der Waals surface area contributed by atoms with Crippen LogP contribution in [-0.2, 0) is 16.9 Å². The Hall–Kier alpha value is -1.65. The highest BCUT2D eigenvalue weighted by molar-refractivity contribution is 7.13. The van der Waals surface area contributed by atoms with Crippen LogP contribution in [0.4, 0.5) is 0 Å². The third-order valence-electron chi connectivity index (χ3n) is 4.48. The maximum atomic E-state index is 12.6. The summed E-state index contributed by atoms with van der Waals surface area (Å²) in [4.78, 5) is 16.5. The van der Waals surface area contributed by atoms with Crippen molar-refractivity contribution in [2.24, 2.45) is 0 Å². The fourth-order valence-corrected chi connectivity index (χ4v) is 4.22. The summed E-state index contributed by atoms with van der Waals surface area (Å²) in [5, 5.41) is 0. The van der Waals surface area contributed by atoms with E-state index in [0.29, 0.717) is 13.2 Å². The second-order valence-electron chi connectivity index (χ2n) is 5.83. The van der Waals surface area contributed by atoms with E-state index in [1.807, 2.05) is 30.0 Å². The maximum Gasteiger partial charge on any atom is 0.264 e. The van der Waals surface area contributed by atoms with Crippen molar-refractivity contribution in [3.05, 3.63) is 57.3 Å². The Kier molecular flexibility index (Phi) is 2.91. The van der Waals surface area contributed by atoms with Gasteiger partial charge in [-0.05, 0) is 36.6 Å². The Morgan fingerprint density at radius 3 is 2.95 bits per heavy atom. The highest BCUT2D eigenvalue weighted by Crippen LogP contribution is 2.43. The first-order chi connectivity index (χ1) is 10.2. The molecule has 0 saturated carbocycles. The highest BCUT2D eigenvalue weighted by atomic mass is 32.1. The Morgan fingerprint density at radius 1 is 1.29 bits per heavy atom. The Morgan fingerprint density at radius 2 is 2.14 bits per heavy atom. The fraction of sp³-hybridized carbons (Fsp3) is 0.353. The standard InChI is InChI=1S/C17H17NO2S/c1-12-6-7-15(21-12)16(19)18-9-8-17(11-18)14-5-3-2-4-13(14)10-20-17/h2-7H,8-11H2,1H3. The molecule has 2 aromatic rings. The fourth-order valence-electron chi connectivity index (χ4n) is 3.38. The van der Waals surface area contributed by atoms with E-state index < -0.39 is 0 Å². The van der Waals surface area contributed by atoms with Gasteiger partial charge in [0.15, 0.2) is 0 Å². The molecule has 2 aliphatic rings. The van der Waals surface area contributed by atoms with Gasteiger partial charge in [-0.25, -0.2) is 0 Å². The van der Waals surface area contributed by atoms with Gasteiger partial charge in [-0.3, -0.25) is 4.79 Å². The summed E-state index contributed by atoms with van der Waals surface area (Å²) < 4.78 is 6.10. The van der Waals surface area contributed by atoms with Crippen molar-refractivity contribution < 1.29 is 9.53 Å². The van der Waals surface area contributed by atoms with Gasteiger partial charge in [-0.1, -0.05) is 24.3 Å². The average molecular weight is 299 g/mol. The number of thiophene rings is 1. The molecular formula is C17H17NO2S. The molecule has 3 nitrogen and oxygen atoms in total. The number of benzene rings is 1. The normalized spacial score (nSPS) is 23.8. The van der Waals surface area contributed by atoms with E-state index in [1.165, 1.54) is 16.0 Å². The van der Waals surface area contributed by atoms with Gasteiger partial charge >= 0.3 is 0 Å². The van der Waals surface area contributed by atoms with Crippen LogP contribution in [0, 0.1) is 6.92 Å².